The van der Waals surface area contributed by atoms with Crippen molar-refractivity contribution in [2.24, 2.45) is 7.05 Å². The Balaban J connectivity index is 2.13. The van der Waals surface area contributed by atoms with Gasteiger partial charge in [-0.05, 0) is 0 Å². The number of carboxylic acids is 1. The summed E-state index contributed by atoms with van der Waals surface area (Å²) < 4.78 is 3.61. The molecule has 1 N–H and O–H groups in total. The lowest BCUT2D eigenvalue weighted by Crippen LogP contribution is -2.10. The molecule has 0 aliphatic carbocycles. The summed E-state index contributed by atoms with van der Waals surface area (Å²) in [5, 5.41) is 21.9. The minimum absolute atomic E-state index is 0.0297. The van der Waals surface area contributed by atoms with E-state index in [4.69, 9.17) is 5.11 Å². The largest absolute Gasteiger partial charge is 0.481 e. The van der Waals surface area contributed by atoms with Crippen LogP contribution in [0.1, 0.15) is 31.4 Å². The molecule has 2 aromatic rings. The van der Waals surface area contributed by atoms with Crippen molar-refractivity contribution in [3.63, 3.8) is 0 Å². The third-order valence-electron chi connectivity index (χ3n) is 2.79. The fraction of sp³-hybridized carbons (Fsp3) is 0.583. The fourth-order valence-electron chi connectivity index (χ4n) is 1.88. The summed E-state index contributed by atoms with van der Waals surface area (Å²) in [5.41, 5.74) is 0. The van der Waals surface area contributed by atoms with E-state index in [9.17, 15) is 4.79 Å². The molecule has 0 saturated carbocycles. The zero-order chi connectivity index (χ0) is 15.4. The first kappa shape index (κ1) is 15.5. The SMILES string of the molecule is CC(C)c1nnc(SCC(=O)O)n1CCc1ncn(C)n1. The Hall–Kier alpha value is -1.90. The molecule has 0 aromatic carbocycles. The molecule has 0 aliphatic heterocycles. The Morgan fingerprint density at radius 2 is 2.19 bits per heavy atom. The number of nitrogens with zero attached hydrogens (tertiary/aromatic N) is 6. The van der Waals surface area contributed by atoms with Crippen LogP contribution in [-0.4, -0.2) is 46.4 Å². The van der Waals surface area contributed by atoms with Crippen LogP contribution >= 0.6 is 11.8 Å². The molecule has 0 fully saturated rings. The van der Waals surface area contributed by atoms with Crippen LogP contribution in [-0.2, 0) is 24.8 Å². The molecule has 9 heteroatoms. The number of aliphatic carboxylic acids is 1. The minimum atomic E-state index is -0.868. The lowest BCUT2D eigenvalue weighted by atomic mass is 10.2. The van der Waals surface area contributed by atoms with Crippen molar-refractivity contribution in [1.82, 2.24) is 29.5 Å². The zero-order valence-corrected chi connectivity index (χ0v) is 13.0. The smallest absolute Gasteiger partial charge is 0.313 e. The van der Waals surface area contributed by atoms with Gasteiger partial charge in [-0.2, -0.15) is 5.10 Å². The van der Waals surface area contributed by atoms with Gasteiger partial charge in [0.05, 0.1) is 5.75 Å². The second-order valence-corrected chi connectivity index (χ2v) is 5.86. The van der Waals surface area contributed by atoms with Crippen molar-refractivity contribution in [3.05, 3.63) is 18.0 Å². The van der Waals surface area contributed by atoms with Gasteiger partial charge in [0.25, 0.3) is 0 Å². The van der Waals surface area contributed by atoms with E-state index >= 15 is 0 Å². The number of carboxylic acid groups (broad SMARTS) is 1. The Morgan fingerprint density at radius 1 is 1.43 bits per heavy atom. The third-order valence-corrected chi connectivity index (χ3v) is 3.74. The van der Waals surface area contributed by atoms with Crippen molar-refractivity contribution in [2.75, 3.05) is 5.75 Å². The lowest BCUT2D eigenvalue weighted by Gasteiger charge is -2.10. The van der Waals surface area contributed by atoms with E-state index in [-0.39, 0.29) is 11.7 Å². The maximum Gasteiger partial charge on any atom is 0.313 e. The van der Waals surface area contributed by atoms with E-state index in [2.05, 4.69) is 20.3 Å². The van der Waals surface area contributed by atoms with Crippen LogP contribution in [0.3, 0.4) is 0 Å². The first-order valence-electron chi connectivity index (χ1n) is 6.59. The van der Waals surface area contributed by atoms with Crippen LogP contribution < -0.4 is 0 Å². The standard InChI is InChI=1S/C12H18N6O2S/c1-8(2)11-14-15-12(21-6-10(19)20)18(11)5-4-9-13-7-17(3)16-9/h7-8H,4-6H2,1-3H3,(H,19,20). The summed E-state index contributed by atoms with van der Waals surface area (Å²) in [5.74, 6) is 0.909. The number of hydrogen-bond donors (Lipinski definition) is 1. The van der Waals surface area contributed by atoms with Crippen LogP contribution in [0.4, 0.5) is 0 Å². The second kappa shape index (κ2) is 6.70. The van der Waals surface area contributed by atoms with Crippen molar-refractivity contribution >= 4 is 17.7 Å². The number of thioether (sulfide) groups is 1. The maximum atomic E-state index is 10.7. The highest BCUT2D eigenvalue weighted by atomic mass is 32.2. The number of rotatable bonds is 7. The Kier molecular flexibility index (Phi) is 4.94. The molecule has 0 radical (unpaired) electrons. The van der Waals surface area contributed by atoms with Crippen LogP contribution in [0.25, 0.3) is 0 Å². The van der Waals surface area contributed by atoms with Crippen LogP contribution in [0.15, 0.2) is 11.5 Å². The van der Waals surface area contributed by atoms with E-state index in [1.807, 2.05) is 25.5 Å². The average molecular weight is 310 g/mol. The van der Waals surface area contributed by atoms with E-state index in [1.54, 1.807) is 11.0 Å². The summed E-state index contributed by atoms with van der Waals surface area (Å²) >= 11 is 1.18. The van der Waals surface area contributed by atoms with E-state index in [0.29, 0.717) is 18.1 Å². The molecule has 8 nitrogen and oxygen atoms in total. The summed E-state index contributed by atoms with van der Waals surface area (Å²) in [6.45, 7) is 4.70. The molecule has 0 amide bonds. The number of aromatic nitrogens is 6. The predicted molar refractivity (Wildman–Crippen MR) is 77.2 cm³/mol. The molecule has 2 heterocycles. The van der Waals surface area contributed by atoms with Crippen molar-refractivity contribution in [3.8, 4) is 0 Å². The molecule has 2 rings (SSSR count). The van der Waals surface area contributed by atoms with Crippen molar-refractivity contribution < 1.29 is 9.90 Å². The van der Waals surface area contributed by atoms with Gasteiger partial charge in [-0.15, -0.1) is 10.2 Å². The average Bonchev–Trinajstić information content (AvgIpc) is 2.99. The first-order chi connectivity index (χ1) is 9.97. The Bertz CT molecular complexity index is 621. The molecule has 0 aliphatic rings. The van der Waals surface area contributed by atoms with Gasteiger partial charge in [-0.25, -0.2) is 4.98 Å². The molecule has 2 aromatic heterocycles. The quantitative estimate of drug-likeness (QED) is 0.760. The molecular formula is C12H18N6O2S. The Morgan fingerprint density at radius 3 is 2.76 bits per heavy atom. The van der Waals surface area contributed by atoms with Gasteiger partial charge < -0.3 is 9.67 Å². The second-order valence-electron chi connectivity index (χ2n) is 4.91. The Labute approximate surface area is 126 Å². The lowest BCUT2D eigenvalue weighted by molar-refractivity contribution is -0.133. The molecule has 0 unspecified atom stereocenters. The van der Waals surface area contributed by atoms with Gasteiger partial charge in [0.1, 0.15) is 12.2 Å². The monoisotopic (exact) mass is 310 g/mol. The van der Waals surface area contributed by atoms with Crippen molar-refractivity contribution in [1.29, 1.82) is 0 Å². The molecule has 0 atom stereocenters. The molecule has 0 bridgehead atoms. The number of hydrogen-bond acceptors (Lipinski definition) is 6. The summed E-state index contributed by atoms with van der Waals surface area (Å²) in [4.78, 5) is 14.9. The van der Waals surface area contributed by atoms with Gasteiger partial charge in [0.2, 0.25) is 0 Å². The molecule has 21 heavy (non-hydrogen) atoms. The summed E-state index contributed by atoms with van der Waals surface area (Å²) in [6.07, 6.45) is 2.31. The van der Waals surface area contributed by atoms with Gasteiger partial charge in [-0.3, -0.25) is 9.48 Å². The van der Waals surface area contributed by atoms with Gasteiger partial charge in [0, 0.05) is 25.9 Å². The fourth-order valence-corrected chi connectivity index (χ4v) is 2.57. The zero-order valence-electron chi connectivity index (χ0n) is 12.2. The predicted octanol–water partition coefficient (Wildman–Crippen LogP) is 0.949. The summed E-state index contributed by atoms with van der Waals surface area (Å²) in [6, 6.07) is 0. The van der Waals surface area contributed by atoms with Crippen LogP contribution in [0.5, 0.6) is 0 Å². The number of carbonyl (C=O) groups is 1. The molecule has 0 saturated heterocycles. The van der Waals surface area contributed by atoms with E-state index in [1.165, 1.54) is 11.8 Å². The highest BCUT2D eigenvalue weighted by molar-refractivity contribution is 7.99. The molecule has 0 spiro atoms. The number of aryl methyl sites for hydroxylation is 2. The molecular weight excluding hydrogens is 292 g/mol. The normalized spacial score (nSPS) is 11.2. The van der Waals surface area contributed by atoms with Gasteiger partial charge in [0.15, 0.2) is 11.0 Å². The highest BCUT2D eigenvalue weighted by Crippen LogP contribution is 2.21. The topological polar surface area (TPSA) is 98.7 Å². The van der Waals surface area contributed by atoms with Crippen LogP contribution in [0, 0.1) is 0 Å². The maximum absolute atomic E-state index is 10.7. The van der Waals surface area contributed by atoms with Crippen molar-refractivity contribution in [2.45, 2.75) is 37.9 Å². The minimum Gasteiger partial charge on any atom is -0.481 e. The van der Waals surface area contributed by atoms with E-state index < -0.39 is 5.97 Å². The third kappa shape index (κ3) is 4.03. The van der Waals surface area contributed by atoms with Gasteiger partial charge in [-0.1, -0.05) is 25.6 Å². The molecule has 114 valence electrons. The van der Waals surface area contributed by atoms with E-state index in [0.717, 1.165) is 11.6 Å². The highest BCUT2D eigenvalue weighted by Gasteiger charge is 2.16. The van der Waals surface area contributed by atoms with Crippen LogP contribution in [0.2, 0.25) is 0 Å². The first-order valence-corrected chi connectivity index (χ1v) is 7.58. The van der Waals surface area contributed by atoms with Gasteiger partial charge >= 0.3 is 5.97 Å². The summed E-state index contributed by atoms with van der Waals surface area (Å²) in [7, 11) is 1.82.